The maximum atomic E-state index is 11.5. The molecule has 1 fully saturated rings. The van der Waals surface area contributed by atoms with Crippen molar-refractivity contribution >= 4 is 10.0 Å². The van der Waals surface area contributed by atoms with Crippen LogP contribution in [0.15, 0.2) is 0 Å². The molecule has 0 saturated carbocycles. The average molecular weight is 234 g/mol. The van der Waals surface area contributed by atoms with Gasteiger partial charge in [-0.1, -0.05) is 13.8 Å². The fourth-order valence-electron chi connectivity index (χ4n) is 1.99. The highest BCUT2D eigenvalue weighted by molar-refractivity contribution is 7.88. The molecule has 15 heavy (non-hydrogen) atoms. The molecule has 0 radical (unpaired) electrons. The summed E-state index contributed by atoms with van der Waals surface area (Å²) in [5.41, 5.74) is 0. The van der Waals surface area contributed by atoms with Crippen LogP contribution in [0, 0.1) is 5.92 Å². The number of nitrogens with one attached hydrogen (secondary N) is 1. The van der Waals surface area contributed by atoms with Gasteiger partial charge in [0.15, 0.2) is 0 Å². The predicted molar refractivity (Wildman–Crippen MR) is 62.3 cm³/mol. The number of rotatable bonds is 3. The molecule has 0 aliphatic carbocycles. The number of hydrogen-bond acceptors (Lipinski definition) is 3. The van der Waals surface area contributed by atoms with E-state index in [0.717, 1.165) is 19.4 Å². The van der Waals surface area contributed by atoms with Gasteiger partial charge in [-0.05, 0) is 25.3 Å². The lowest BCUT2D eigenvalue weighted by Crippen LogP contribution is -2.40. The normalized spacial score (nSPS) is 25.5. The second-order valence-electron chi connectivity index (χ2n) is 4.76. The highest BCUT2D eigenvalue weighted by Crippen LogP contribution is 2.11. The van der Waals surface area contributed by atoms with Crippen LogP contribution < -0.4 is 5.32 Å². The lowest BCUT2D eigenvalue weighted by molar-refractivity contribution is 0.360. The predicted octanol–water partition coefficient (Wildman–Crippen LogP) is 0.656. The highest BCUT2D eigenvalue weighted by Gasteiger charge is 2.23. The molecule has 0 bridgehead atoms. The van der Waals surface area contributed by atoms with Crippen molar-refractivity contribution in [2.75, 3.05) is 25.9 Å². The topological polar surface area (TPSA) is 49.4 Å². The Bertz CT molecular complexity index is 288. The van der Waals surface area contributed by atoms with Crippen molar-refractivity contribution in [3.8, 4) is 0 Å². The molecule has 4 nitrogen and oxygen atoms in total. The third kappa shape index (κ3) is 4.49. The van der Waals surface area contributed by atoms with Crippen molar-refractivity contribution in [1.29, 1.82) is 0 Å². The molecule has 0 amide bonds. The summed E-state index contributed by atoms with van der Waals surface area (Å²) in [6.45, 7) is 6.52. The van der Waals surface area contributed by atoms with Crippen LogP contribution in [0.25, 0.3) is 0 Å². The minimum atomic E-state index is -3.02. The molecule has 0 aromatic rings. The Kier molecular flexibility index (Phi) is 4.55. The molecule has 90 valence electrons. The molecule has 1 aliphatic heterocycles. The van der Waals surface area contributed by atoms with E-state index in [-0.39, 0.29) is 0 Å². The van der Waals surface area contributed by atoms with E-state index in [1.807, 2.05) is 0 Å². The summed E-state index contributed by atoms with van der Waals surface area (Å²) in [6.07, 6.45) is 3.23. The van der Waals surface area contributed by atoms with Gasteiger partial charge in [-0.3, -0.25) is 0 Å². The summed E-state index contributed by atoms with van der Waals surface area (Å²) in [5, 5.41) is 3.41. The second kappa shape index (κ2) is 5.27. The van der Waals surface area contributed by atoms with Gasteiger partial charge in [0.2, 0.25) is 10.0 Å². The van der Waals surface area contributed by atoms with Crippen LogP contribution in [0.3, 0.4) is 0 Å². The van der Waals surface area contributed by atoms with Gasteiger partial charge in [-0.25, -0.2) is 12.7 Å². The van der Waals surface area contributed by atoms with Crippen LogP contribution in [0.2, 0.25) is 0 Å². The van der Waals surface area contributed by atoms with E-state index in [4.69, 9.17) is 0 Å². The van der Waals surface area contributed by atoms with Gasteiger partial charge in [0.1, 0.15) is 0 Å². The fourth-order valence-corrected chi connectivity index (χ4v) is 2.90. The molecular weight excluding hydrogens is 212 g/mol. The highest BCUT2D eigenvalue weighted by atomic mass is 32.2. The first-order chi connectivity index (χ1) is 6.89. The summed E-state index contributed by atoms with van der Waals surface area (Å²) in [7, 11) is -3.02. The zero-order valence-electron chi connectivity index (χ0n) is 9.86. The van der Waals surface area contributed by atoms with E-state index in [1.54, 1.807) is 4.31 Å². The van der Waals surface area contributed by atoms with E-state index >= 15 is 0 Å². The Morgan fingerprint density at radius 1 is 1.47 bits per heavy atom. The summed E-state index contributed by atoms with van der Waals surface area (Å²) in [5.74, 6) is 0.599. The van der Waals surface area contributed by atoms with Gasteiger partial charge in [-0.2, -0.15) is 0 Å². The van der Waals surface area contributed by atoms with Crippen LogP contribution in [0.4, 0.5) is 0 Å². The van der Waals surface area contributed by atoms with E-state index in [2.05, 4.69) is 19.2 Å². The smallest absolute Gasteiger partial charge is 0.211 e. The van der Waals surface area contributed by atoms with Gasteiger partial charge >= 0.3 is 0 Å². The molecule has 1 atom stereocenters. The standard InChI is InChI=1S/C10H22N2O2S/c1-9(2)7-10-8-12(15(3,13)14)6-4-5-11-10/h9-11H,4-8H2,1-3H3. The van der Waals surface area contributed by atoms with Crippen LogP contribution >= 0.6 is 0 Å². The Balaban J connectivity index is 2.61. The maximum Gasteiger partial charge on any atom is 0.211 e. The molecule has 1 rings (SSSR count). The van der Waals surface area contributed by atoms with E-state index in [1.165, 1.54) is 6.26 Å². The molecule has 1 saturated heterocycles. The molecule has 0 aromatic carbocycles. The molecule has 1 unspecified atom stereocenters. The number of nitrogens with zero attached hydrogens (tertiary/aromatic N) is 1. The first-order valence-corrected chi connectivity index (χ1v) is 7.43. The van der Waals surface area contributed by atoms with Gasteiger partial charge < -0.3 is 5.32 Å². The van der Waals surface area contributed by atoms with Gasteiger partial charge in [0.25, 0.3) is 0 Å². The van der Waals surface area contributed by atoms with E-state index in [0.29, 0.717) is 25.0 Å². The number of hydrogen-bond donors (Lipinski definition) is 1. The van der Waals surface area contributed by atoms with Crippen molar-refractivity contribution in [3.05, 3.63) is 0 Å². The van der Waals surface area contributed by atoms with Gasteiger partial charge in [-0.15, -0.1) is 0 Å². The Labute approximate surface area is 93.1 Å². The molecule has 0 spiro atoms. The zero-order valence-corrected chi connectivity index (χ0v) is 10.7. The second-order valence-corrected chi connectivity index (χ2v) is 6.74. The Morgan fingerprint density at radius 2 is 2.13 bits per heavy atom. The summed E-state index contributed by atoms with van der Waals surface area (Å²) in [6, 6.07) is 0.308. The maximum absolute atomic E-state index is 11.5. The van der Waals surface area contributed by atoms with Crippen LogP contribution in [-0.2, 0) is 10.0 Å². The van der Waals surface area contributed by atoms with E-state index in [9.17, 15) is 8.42 Å². The van der Waals surface area contributed by atoms with Crippen LogP contribution in [0.5, 0.6) is 0 Å². The fraction of sp³-hybridized carbons (Fsp3) is 1.00. The first-order valence-electron chi connectivity index (χ1n) is 5.58. The molecule has 1 heterocycles. The van der Waals surface area contributed by atoms with Crippen LogP contribution in [-0.4, -0.2) is 44.7 Å². The summed E-state index contributed by atoms with van der Waals surface area (Å²) < 4.78 is 24.5. The Hall–Kier alpha value is -0.130. The lowest BCUT2D eigenvalue weighted by Gasteiger charge is -2.23. The third-order valence-corrected chi connectivity index (χ3v) is 3.94. The average Bonchev–Trinajstić information content (AvgIpc) is 2.27. The summed E-state index contributed by atoms with van der Waals surface area (Å²) >= 11 is 0. The molecular formula is C10H22N2O2S. The number of sulfonamides is 1. The first kappa shape index (κ1) is 12.9. The molecule has 5 heteroatoms. The monoisotopic (exact) mass is 234 g/mol. The third-order valence-electron chi connectivity index (χ3n) is 2.67. The minimum absolute atomic E-state index is 0.308. The van der Waals surface area contributed by atoms with Crippen molar-refractivity contribution in [2.45, 2.75) is 32.7 Å². The zero-order chi connectivity index (χ0) is 11.5. The van der Waals surface area contributed by atoms with Gasteiger partial charge in [0, 0.05) is 19.1 Å². The van der Waals surface area contributed by atoms with Crippen molar-refractivity contribution in [3.63, 3.8) is 0 Å². The molecule has 1 N–H and O–H groups in total. The molecule has 1 aliphatic rings. The van der Waals surface area contributed by atoms with Crippen molar-refractivity contribution in [1.82, 2.24) is 9.62 Å². The summed E-state index contributed by atoms with van der Waals surface area (Å²) in [4.78, 5) is 0. The quantitative estimate of drug-likeness (QED) is 0.780. The lowest BCUT2D eigenvalue weighted by atomic mass is 10.0. The largest absolute Gasteiger partial charge is 0.313 e. The minimum Gasteiger partial charge on any atom is -0.313 e. The molecule has 0 aromatic heterocycles. The van der Waals surface area contributed by atoms with Crippen molar-refractivity contribution in [2.24, 2.45) is 5.92 Å². The van der Waals surface area contributed by atoms with Crippen LogP contribution in [0.1, 0.15) is 26.7 Å². The van der Waals surface area contributed by atoms with E-state index < -0.39 is 10.0 Å². The SMILES string of the molecule is CC(C)CC1CN(S(C)(=O)=O)CCCN1. The van der Waals surface area contributed by atoms with Crippen molar-refractivity contribution < 1.29 is 8.42 Å². The van der Waals surface area contributed by atoms with Gasteiger partial charge in [0.05, 0.1) is 6.26 Å². The Morgan fingerprint density at radius 3 is 2.67 bits per heavy atom.